The van der Waals surface area contributed by atoms with E-state index in [1.807, 2.05) is 0 Å². The van der Waals surface area contributed by atoms with Crippen LogP contribution in [0.5, 0.6) is 0 Å². The molecule has 1 atom stereocenters. The predicted molar refractivity (Wildman–Crippen MR) is 195 cm³/mol. The van der Waals surface area contributed by atoms with E-state index < -0.39 is 5.97 Å². The molecule has 1 unspecified atom stereocenters. The molecule has 0 radical (unpaired) electrons. The second kappa shape index (κ2) is 37.4. The number of hydrogen-bond acceptors (Lipinski definition) is 3. The Labute approximate surface area is 282 Å². The van der Waals surface area contributed by atoms with Gasteiger partial charge in [-0.25, -0.2) is 0 Å². The highest BCUT2D eigenvalue weighted by molar-refractivity contribution is 5.69. The first-order chi connectivity index (χ1) is 22.1. The van der Waals surface area contributed by atoms with Gasteiger partial charge in [0.15, 0.2) is 0 Å². The van der Waals surface area contributed by atoms with Crippen LogP contribution in [0, 0.1) is 0 Å². The molecule has 268 valence electrons. The molecule has 0 aromatic heterocycles. The van der Waals surface area contributed by atoms with Crippen molar-refractivity contribution < 1.29 is 19.4 Å². The summed E-state index contributed by atoms with van der Waals surface area (Å²) in [7, 11) is 0. The Morgan fingerprint density at radius 2 is 0.667 bits per heavy atom. The summed E-state index contributed by atoms with van der Waals surface area (Å²) >= 11 is 0. The molecule has 1 N–H and O–H groups in total. The van der Waals surface area contributed by atoms with Crippen molar-refractivity contribution in [2.24, 2.45) is 0 Å². The second-order valence-corrected chi connectivity index (χ2v) is 14.2. The van der Waals surface area contributed by atoms with E-state index >= 15 is 0 Å². The van der Waals surface area contributed by atoms with Crippen LogP contribution in [-0.2, 0) is 14.3 Å². The molecule has 0 aromatic carbocycles. The molecule has 45 heavy (non-hydrogen) atoms. The third kappa shape index (κ3) is 37.3. The Morgan fingerprint density at radius 1 is 0.400 bits per heavy atom. The van der Waals surface area contributed by atoms with Crippen LogP contribution in [0.3, 0.4) is 0 Å². The van der Waals surface area contributed by atoms with Gasteiger partial charge in [0, 0.05) is 12.8 Å². The Balaban J connectivity index is 3.68. The quantitative estimate of drug-likeness (QED) is 0.0541. The number of carbonyl (C=O) groups is 2. The molecule has 0 bridgehead atoms. The molecule has 0 aliphatic heterocycles. The summed E-state index contributed by atoms with van der Waals surface area (Å²) in [4.78, 5) is 23.4. The smallest absolute Gasteiger partial charge is 0.306 e. The average Bonchev–Trinajstić information content (AvgIpc) is 3.02. The van der Waals surface area contributed by atoms with Crippen LogP contribution >= 0.6 is 0 Å². The zero-order chi connectivity index (χ0) is 32.9. The monoisotopic (exact) mass is 637 g/mol. The van der Waals surface area contributed by atoms with Crippen molar-refractivity contribution in [1.82, 2.24) is 0 Å². The Morgan fingerprint density at radius 3 is 1.00 bits per heavy atom. The van der Waals surface area contributed by atoms with Crippen molar-refractivity contribution in [3.8, 4) is 0 Å². The van der Waals surface area contributed by atoms with Crippen LogP contribution in [0.1, 0.15) is 245 Å². The molecule has 0 spiro atoms. The van der Waals surface area contributed by atoms with Crippen LogP contribution in [0.25, 0.3) is 0 Å². The molecule has 0 heterocycles. The van der Waals surface area contributed by atoms with Crippen molar-refractivity contribution in [2.45, 2.75) is 251 Å². The maximum atomic E-state index is 12.5. The van der Waals surface area contributed by atoms with Crippen molar-refractivity contribution >= 4 is 11.9 Å². The molecule has 0 amide bonds. The zero-order valence-corrected chi connectivity index (χ0v) is 30.7. The van der Waals surface area contributed by atoms with Gasteiger partial charge in [-0.2, -0.15) is 0 Å². The molecule has 0 fully saturated rings. The largest absolute Gasteiger partial charge is 0.481 e. The fourth-order valence-electron chi connectivity index (χ4n) is 6.54. The van der Waals surface area contributed by atoms with Gasteiger partial charge in [0.25, 0.3) is 0 Å². The van der Waals surface area contributed by atoms with E-state index in [1.54, 1.807) is 0 Å². The number of carboxylic acids is 1. The lowest BCUT2D eigenvalue weighted by Crippen LogP contribution is -2.18. The topological polar surface area (TPSA) is 63.6 Å². The van der Waals surface area contributed by atoms with E-state index in [2.05, 4.69) is 13.8 Å². The molecular weight excluding hydrogens is 556 g/mol. The molecule has 0 aliphatic carbocycles. The minimum absolute atomic E-state index is 0.0363. The van der Waals surface area contributed by atoms with Gasteiger partial charge in [-0.05, 0) is 38.5 Å². The van der Waals surface area contributed by atoms with Crippen LogP contribution in [0.2, 0.25) is 0 Å². The van der Waals surface area contributed by atoms with Gasteiger partial charge < -0.3 is 9.84 Å². The standard InChI is InChI=1S/C41H80O4/c1-3-5-7-9-11-13-14-15-16-17-18-19-20-21-22-23-24-26-28-30-32-38-41(44)45-39(36-33-34-37-40(42)43)35-31-29-27-25-12-10-8-6-4-2/h39H,3-38H2,1-2H3,(H,42,43). The van der Waals surface area contributed by atoms with E-state index in [4.69, 9.17) is 9.84 Å². The number of hydrogen-bond donors (Lipinski definition) is 1. The second-order valence-electron chi connectivity index (χ2n) is 14.2. The first kappa shape index (κ1) is 43.9. The fourth-order valence-corrected chi connectivity index (χ4v) is 6.54. The summed E-state index contributed by atoms with van der Waals surface area (Å²) in [6.07, 6.45) is 44.2. The molecule has 0 aliphatic rings. The Bertz CT molecular complexity index is 604. The molecule has 0 aromatic rings. The van der Waals surface area contributed by atoms with Gasteiger partial charge in [0.05, 0.1) is 0 Å². The normalized spacial score (nSPS) is 12.0. The maximum absolute atomic E-state index is 12.5. The van der Waals surface area contributed by atoms with Crippen molar-refractivity contribution in [3.05, 3.63) is 0 Å². The predicted octanol–water partition coefficient (Wildman–Crippen LogP) is 14.1. The SMILES string of the molecule is CCCCCCCCCCCCCCCCCCCCCCCC(=O)OC(CCCCCCCCCCC)CCCCC(=O)O. The third-order valence-corrected chi connectivity index (χ3v) is 9.58. The van der Waals surface area contributed by atoms with Gasteiger partial charge in [-0.3, -0.25) is 9.59 Å². The van der Waals surface area contributed by atoms with Crippen LogP contribution < -0.4 is 0 Å². The first-order valence-electron chi connectivity index (χ1n) is 20.5. The van der Waals surface area contributed by atoms with Crippen LogP contribution in [0.4, 0.5) is 0 Å². The number of rotatable bonds is 38. The summed E-state index contributed by atoms with van der Waals surface area (Å²) in [5.41, 5.74) is 0. The van der Waals surface area contributed by atoms with E-state index in [1.165, 1.54) is 173 Å². The highest BCUT2D eigenvalue weighted by Gasteiger charge is 2.14. The van der Waals surface area contributed by atoms with Crippen molar-refractivity contribution in [1.29, 1.82) is 0 Å². The Kier molecular flexibility index (Phi) is 36.5. The summed E-state index contributed by atoms with van der Waals surface area (Å²) in [5.74, 6) is -0.788. The maximum Gasteiger partial charge on any atom is 0.306 e. The Hall–Kier alpha value is -1.06. The minimum Gasteiger partial charge on any atom is -0.481 e. The zero-order valence-electron chi connectivity index (χ0n) is 30.7. The van der Waals surface area contributed by atoms with Gasteiger partial charge in [0.1, 0.15) is 6.10 Å². The first-order valence-corrected chi connectivity index (χ1v) is 20.5. The number of carbonyl (C=O) groups excluding carboxylic acids is 1. The van der Waals surface area contributed by atoms with Gasteiger partial charge in [-0.1, -0.05) is 194 Å². The molecule has 4 heteroatoms. The van der Waals surface area contributed by atoms with E-state index in [-0.39, 0.29) is 18.5 Å². The number of aliphatic carboxylic acids is 1. The summed E-state index contributed by atoms with van der Waals surface area (Å²) < 4.78 is 5.89. The van der Waals surface area contributed by atoms with Crippen LogP contribution in [0.15, 0.2) is 0 Å². The number of ether oxygens (including phenoxy) is 1. The molecule has 0 rings (SSSR count). The number of carboxylic acid groups (broad SMARTS) is 1. The molecule has 0 saturated heterocycles. The third-order valence-electron chi connectivity index (χ3n) is 9.58. The number of unbranched alkanes of at least 4 members (excludes halogenated alkanes) is 29. The van der Waals surface area contributed by atoms with Crippen molar-refractivity contribution in [3.63, 3.8) is 0 Å². The highest BCUT2D eigenvalue weighted by atomic mass is 16.5. The molecule has 0 saturated carbocycles. The highest BCUT2D eigenvalue weighted by Crippen LogP contribution is 2.19. The lowest BCUT2D eigenvalue weighted by Gasteiger charge is -2.18. The minimum atomic E-state index is -0.739. The van der Waals surface area contributed by atoms with Crippen molar-refractivity contribution in [2.75, 3.05) is 0 Å². The molecular formula is C41H80O4. The van der Waals surface area contributed by atoms with Gasteiger partial charge in [0.2, 0.25) is 0 Å². The van der Waals surface area contributed by atoms with E-state index in [0.717, 1.165) is 38.5 Å². The lowest BCUT2D eigenvalue weighted by atomic mass is 10.0. The lowest BCUT2D eigenvalue weighted by molar-refractivity contribution is -0.150. The summed E-state index contributed by atoms with van der Waals surface area (Å²) in [6, 6.07) is 0. The van der Waals surface area contributed by atoms with Gasteiger partial charge >= 0.3 is 11.9 Å². The van der Waals surface area contributed by atoms with Gasteiger partial charge in [-0.15, -0.1) is 0 Å². The summed E-state index contributed by atoms with van der Waals surface area (Å²) in [5, 5.41) is 8.92. The van der Waals surface area contributed by atoms with E-state index in [9.17, 15) is 9.59 Å². The average molecular weight is 637 g/mol. The molecule has 4 nitrogen and oxygen atoms in total. The fraction of sp³-hybridized carbons (Fsp3) is 0.951. The van der Waals surface area contributed by atoms with E-state index in [0.29, 0.717) is 12.8 Å². The summed E-state index contributed by atoms with van der Waals surface area (Å²) in [6.45, 7) is 4.55. The number of esters is 1. The van der Waals surface area contributed by atoms with Crippen LogP contribution in [-0.4, -0.2) is 23.1 Å².